The minimum atomic E-state index is -3.93. The van der Waals surface area contributed by atoms with Crippen molar-refractivity contribution < 1.29 is 27.9 Å². The summed E-state index contributed by atoms with van der Waals surface area (Å²) < 4.78 is 32.1. The van der Waals surface area contributed by atoms with E-state index in [1.54, 1.807) is 0 Å². The molecule has 1 aromatic carbocycles. The van der Waals surface area contributed by atoms with Crippen LogP contribution >= 0.6 is 0 Å². The van der Waals surface area contributed by atoms with Crippen molar-refractivity contribution in [2.45, 2.75) is 24.2 Å². The van der Waals surface area contributed by atoms with E-state index in [9.17, 15) is 23.1 Å². The summed E-state index contributed by atoms with van der Waals surface area (Å²) in [6.07, 6.45) is 1.97. The van der Waals surface area contributed by atoms with Gasteiger partial charge in [0.1, 0.15) is 5.75 Å². The molecule has 3 rings (SSSR count). The number of hydrogen-bond donors (Lipinski definition) is 2. The van der Waals surface area contributed by atoms with E-state index >= 15 is 0 Å². The summed E-state index contributed by atoms with van der Waals surface area (Å²) in [6.45, 7) is 0.125. The van der Waals surface area contributed by atoms with Crippen LogP contribution in [-0.4, -0.2) is 49.9 Å². The average Bonchev–Trinajstić information content (AvgIpc) is 3.12. The number of aliphatic carboxylic acids is 1. The second-order valence-electron chi connectivity index (χ2n) is 6.57. The normalized spacial score (nSPS) is 26.4. The van der Waals surface area contributed by atoms with E-state index in [-0.39, 0.29) is 35.2 Å². The van der Waals surface area contributed by atoms with Crippen LogP contribution in [0.2, 0.25) is 0 Å². The first-order valence-corrected chi connectivity index (χ1v) is 9.38. The maximum Gasteiger partial charge on any atom is 0.311 e. The van der Waals surface area contributed by atoms with Gasteiger partial charge in [0.15, 0.2) is 0 Å². The SMILES string of the molecule is COc1ccc(S(=O)(=O)N2C[C@@H]3CCC[C@@]3(C(=O)O)C2)cc1C(N)=O. The minimum Gasteiger partial charge on any atom is -0.496 e. The van der Waals surface area contributed by atoms with Gasteiger partial charge >= 0.3 is 5.97 Å². The zero-order valence-corrected chi connectivity index (χ0v) is 14.6. The van der Waals surface area contributed by atoms with Crippen molar-refractivity contribution in [3.05, 3.63) is 23.8 Å². The molecular formula is C16H20N2O6S. The van der Waals surface area contributed by atoms with Gasteiger partial charge in [0, 0.05) is 13.1 Å². The monoisotopic (exact) mass is 368 g/mol. The highest BCUT2D eigenvalue weighted by atomic mass is 32.2. The Kier molecular flexibility index (Phi) is 4.24. The van der Waals surface area contributed by atoms with Crippen molar-refractivity contribution in [3.63, 3.8) is 0 Å². The molecule has 8 nitrogen and oxygen atoms in total. The third-order valence-corrected chi connectivity index (χ3v) is 7.15. The molecule has 1 heterocycles. The first-order valence-electron chi connectivity index (χ1n) is 7.94. The Morgan fingerprint density at radius 1 is 1.40 bits per heavy atom. The topological polar surface area (TPSA) is 127 Å². The molecule has 3 N–H and O–H groups in total. The molecule has 2 atom stereocenters. The quantitative estimate of drug-likeness (QED) is 0.786. The molecule has 2 aliphatic rings. The fraction of sp³-hybridized carbons (Fsp3) is 0.500. The van der Waals surface area contributed by atoms with Gasteiger partial charge in [-0.15, -0.1) is 0 Å². The van der Waals surface area contributed by atoms with Crippen molar-refractivity contribution in [2.75, 3.05) is 20.2 Å². The van der Waals surface area contributed by atoms with Crippen LogP contribution in [0.4, 0.5) is 0 Å². The van der Waals surface area contributed by atoms with Crippen LogP contribution in [0.1, 0.15) is 29.6 Å². The summed E-state index contributed by atoms with van der Waals surface area (Å²) >= 11 is 0. The lowest BCUT2D eigenvalue weighted by molar-refractivity contribution is -0.149. The number of carbonyl (C=O) groups is 2. The smallest absolute Gasteiger partial charge is 0.311 e. The molecule has 1 saturated heterocycles. The summed E-state index contributed by atoms with van der Waals surface area (Å²) in [5.41, 5.74) is 4.25. The molecular weight excluding hydrogens is 348 g/mol. The van der Waals surface area contributed by atoms with Crippen LogP contribution in [0.5, 0.6) is 5.75 Å². The predicted molar refractivity (Wildman–Crippen MR) is 87.7 cm³/mol. The number of carboxylic acids is 1. The van der Waals surface area contributed by atoms with Gasteiger partial charge in [-0.1, -0.05) is 6.42 Å². The summed E-state index contributed by atoms with van der Waals surface area (Å²) in [5.74, 6) is -1.74. The summed E-state index contributed by atoms with van der Waals surface area (Å²) in [5, 5.41) is 9.61. The van der Waals surface area contributed by atoms with Gasteiger partial charge in [0.2, 0.25) is 10.0 Å². The van der Waals surface area contributed by atoms with Crippen LogP contribution in [0.15, 0.2) is 23.1 Å². The number of rotatable bonds is 5. The second-order valence-corrected chi connectivity index (χ2v) is 8.51. The van der Waals surface area contributed by atoms with Crippen molar-refractivity contribution in [1.82, 2.24) is 4.31 Å². The molecule has 0 spiro atoms. The third kappa shape index (κ3) is 2.67. The lowest BCUT2D eigenvalue weighted by Gasteiger charge is -2.23. The fourth-order valence-corrected chi connectivity index (χ4v) is 5.55. The number of nitrogens with zero attached hydrogens (tertiary/aromatic N) is 1. The van der Waals surface area contributed by atoms with Crippen LogP contribution in [-0.2, 0) is 14.8 Å². The highest BCUT2D eigenvalue weighted by molar-refractivity contribution is 7.89. The third-order valence-electron chi connectivity index (χ3n) is 5.34. The Bertz CT molecular complexity index is 837. The zero-order valence-electron chi connectivity index (χ0n) is 13.8. The molecule has 25 heavy (non-hydrogen) atoms. The summed E-state index contributed by atoms with van der Waals surface area (Å²) in [4.78, 5) is 23.2. The van der Waals surface area contributed by atoms with Crippen LogP contribution in [0.3, 0.4) is 0 Å². The highest BCUT2D eigenvalue weighted by Crippen LogP contribution is 2.50. The lowest BCUT2D eigenvalue weighted by Crippen LogP contribution is -2.37. The van der Waals surface area contributed by atoms with Gasteiger partial charge in [0.25, 0.3) is 5.91 Å². The molecule has 0 radical (unpaired) electrons. The second kappa shape index (κ2) is 5.99. The van der Waals surface area contributed by atoms with E-state index in [1.165, 1.54) is 29.6 Å². The number of carbonyl (C=O) groups excluding carboxylic acids is 1. The van der Waals surface area contributed by atoms with Crippen molar-refractivity contribution >= 4 is 21.9 Å². The number of primary amides is 1. The molecule has 1 amide bonds. The number of benzene rings is 1. The molecule has 2 fully saturated rings. The minimum absolute atomic E-state index is 0.0316. The largest absolute Gasteiger partial charge is 0.496 e. The number of fused-ring (bicyclic) bond motifs is 1. The maximum absolute atomic E-state index is 12.9. The number of sulfonamides is 1. The van der Waals surface area contributed by atoms with Crippen molar-refractivity contribution in [3.8, 4) is 5.75 Å². The Hall–Kier alpha value is -2.13. The number of carboxylic acid groups (broad SMARTS) is 1. The van der Waals surface area contributed by atoms with Gasteiger partial charge in [-0.25, -0.2) is 8.42 Å². The summed E-state index contributed by atoms with van der Waals surface area (Å²) in [6, 6.07) is 3.89. The molecule has 0 aromatic heterocycles. The molecule has 1 saturated carbocycles. The number of methoxy groups -OCH3 is 1. The molecule has 0 unspecified atom stereocenters. The summed E-state index contributed by atoms with van der Waals surface area (Å²) in [7, 11) is -2.57. The number of hydrogen-bond acceptors (Lipinski definition) is 5. The molecule has 1 aromatic rings. The molecule has 9 heteroatoms. The zero-order chi connectivity index (χ0) is 18.4. The first-order chi connectivity index (χ1) is 11.7. The number of ether oxygens (including phenoxy) is 1. The molecule has 1 aliphatic heterocycles. The van der Waals surface area contributed by atoms with Crippen LogP contribution in [0, 0.1) is 11.3 Å². The Morgan fingerprint density at radius 2 is 2.12 bits per heavy atom. The van der Waals surface area contributed by atoms with Crippen molar-refractivity contribution in [1.29, 1.82) is 0 Å². The van der Waals surface area contributed by atoms with Gasteiger partial charge in [0.05, 0.1) is 23.0 Å². The van der Waals surface area contributed by atoms with E-state index in [1.807, 2.05) is 0 Å². The van der Waals surface area contributed by atoms with E-state index in [2.05, 4.69) is 0 Å². The van der Waals surface area contributed by atoms with Gasteiger partial charge in [-0.3, -0.25) is 9.59 Å². The van der Waals surface area contributed by atoms with E-state index < -0.39 is 27.3 Å². The Morgan fingerprint density at radius 3 is 2.68 bits per heavy atom. The number of amides is 1. The van der Waals surface area contributed by atoms with E-state index in [4.69, 9.17) is 10.5 Å². The fourth-order valence-electron chi connectivity index (χ4n) is 3.97. The molecule has 0 bridgehead atoms. The first kappa shape index (κ1) is 17.7. The van der Waals surface area contributed by atoms with E-state index in [0.29, 0.717) is 12.8 Å². The maximum atomic E-state index is 12.9. The molecule has 1 aliphatic carbocycles. The van der Waals surface area contributed by atoms with Gasteiger partial charge in [-0.05, 0) is 37.0 Å². The van der Waals surface area contributed by atoms with Gasteiger partial charge < -0.3 is 15.6 Å². The molecule has 136 valence electrons. The van der Waals surface area contributed by atoms with E-state index in [0.717, 1.165) is 6.42 Å². The predicted octanol–water partition coefficient (Wildman–Crippen LogP) is 0.670. The van der Waals surface area contributed by atoms with Gasteiger partial charge in [-0.2, -0.15) is 4.31 Å². The lowest BCUT2D eigenvalue weighted by atomic mass is 9.81. The Labute approximate surface area is 145 Å². The Balaban J connectivity index is 1.97. The van der Waals surface area contributed by atoms with Crippen molar-refractivity contribution in [2.24, 2.45) is 17.1 Å². The standard InChI is InChI=1S/C16H20N2O6S/c1-24-13-5-4-11(7-12(13)14(17)19)25(22,23)18-8-10-3-2-6-16(10,9-18)15(20)21/h4-5,7,10H,2-3,6,8-9H2,1H3,(H2,17,19)(H,20,21)/t10-,16+/m0/s1. The average molecular weight is 368 g/mol. The van der Waals surface area contributed by atoms with Crippen LogP contribution < -0.4 is 10.5 Å². The highest BCUT2D eigenvalue weighted by Gasteiger charge is 2.57. The number of nitrogens with two attached hydrogens (primary N) is 1. The van der Waals surface area contributed by atoms with Crippen LogP contribution in [0.25, 0.3) is 0 Å².